The lowest BCUT2D eigenvalue weighted by Crippen LogP contribution is -2.09. The van der Waals surface area contributed by atoms with Gasteiger partial charge in [0.05, 0.1) is 0 Å². The highest BCUT2D eigenvalue weighted by molar-refractivity contribution is 5.79. The Balaban J connectivity index is 1.47. The average Bonchev–Trinajstić information content (AvgIpc) is 2.91. The third-order valence-electron chi connectivity index (χ3n) is 6.14. The predicted molar refractivity (Wildman–Crippen MR) is 146 cm³/mol. The van der Waals surface area contributed by atoms with E-state index in [1.165, 1.54) is 28.1 Å². The first kappa shape index (κ1) is 21.5. The Bertz CT molecular complexity index is 1340. The van der Waals surface area contributed by atoms with Gasteiger partial charge in [-0.3, -0.25) is 0 Å². The van der Waals surface area contributed by atoms with Crippen LogP contribution in [0.4, 0.5) is 28.4 Å². The van der Waals surface area contributed by atoms with Crippen molar-refractivity contribution in [2.24, 2.45) is 0 Å². The van der Waals surface area contributed by atoms with Crippen molar-refractivity contribution in [1.29, 1.82) is 0 Å². The van der Waals surface area contributed by atoms with Crippen LogP contribution in [0.1, 0.15) is 5.56 Å². The van der Waals surface area contributed by atoms with Crippen molar-refractivity contribution in [2.45, 2.75) is 6.92 Å². The number of nitrogens with zero attached hydrogens (tertiary/aromatic N) is 2. The van der Waals surface area contributed by atoms with Crippen LogP contribution < -0.4 is 9.80 Å². The summed E-state index contributed by atoms with van der Waals surface area (Å²) in [5, 5.41) is 0. The van der Waals surface area contributed by atoms with Crippen molar-refractivity contribution in [3.05, 3.63) is 139 Å². The van der Waals surface area contributed by atoms with Gasteiger partial charge in [-0.15, -0.1) is 0 Å². The molecule has 0 N–H and O–H groups in total. The van der Waals surface area contributed by atoms with E-state index >= 15 is 0 Å². The van der Waals surface area contributed by atoms with Gasteiger partial charge in [-0.2, -0.15) is 0 Å². The van der Waals surface area contributed by atoms with Crippen molar-refractivity contribution in [3.8, 4) is 11.1 Å². The molecule has 5 rings (SSSR count). The van der Waals surface area contributed by atoms with Crippen molar-refractivity contribution in [1.82, 2.24) is 0 Å². The van der Waals surface area contributed by atoms with Gasteiger partial charge in [0, 0.05) is 35.5 Å². The van der Waals surface area contributed by atoms with Gasteiger partial charge in [-0.05, 0) is 78.7 Å². The van der Waals surface area contributed by atoms with Crippen molar-refractivity contribution in [3.63, 3.8) is 0 Å². The molecule has 0 heterocycles. The second kappa shape index (κ2) is 9.68. The summed E-state index contributed by atoms with van der Waals surface area (Å²) in [6.07, 6.45) is 0. The summed E-state index contributed by atoms with van der Waals surface area (Å²) in [6, 6.07) is 47.2. The molecular formula is C32H28N2. The van der Waals surface area contributed by atoms with Crippen molar-refractivity contribution < 1.29 is 0 Å². The Morgan fingerprint density at radius 2 is 0.912 bits per heavy atom. The molecule has 34 heavy (non-hydrogen) atoms. The highest BCUT2D eigenvalue weighted by Crippen LogP contribution is 2.36. The summed E-state index contributed by atoms with van der Waals surface area (Å²) < 4.78 is 0. The molecule has 0 aliphatic rings. The van der Waals surface area contributed by atoms with Gasteiger partial charge in [-0.1, -0.05) is 78.4 Å². The minimum Gasteiger partial charge on any atom is -0.345 e. The van der Waals surface area contributed by atoms with Gasteiger partial charge in [-0.25, -0.2) is 0 Å². The Labute approximate surface area is 202 Å². The topological polar surface area (TPSA) is 6.48 Å². The van der Waals surface area contributed by atoms with Gasteiger partial charge < -0.3 is 9.80 Å². The zero-order chi connectivity index (χ0) is 23.3. The van der Waals surface area contributed by atoms with Crippen LogP contribution in [0, 0.1) is 6.92 Å². The maximum absolute atomic E-state index is 2.29. The van der Waals surface area contributed by atoms with Crippen LogP contribution in [-0.2, 0) is 0 Å². The molecule has 0 aliphatic carbocycles. The molecule has 5 aromatic rings. The van der Waals surface area contributed by atoms with E-state index in [4.69, 9.17) is 0 Å². The molecule has 0 amide bonds. The number of hydrogen-bond donors (Lipinski definition) is 0. The number of aryl methyl sites for hydroxylation is 1. The van der Waals surface area contributed by atoms with E-state index in [-0.39, 0.29) is 0 Å². The molecule has 0 atom stereocenters. The predicted octanol–water partition coefficient (Wildman–Crippen LogP) is 8.90. The highest BCUT2D eigenvalue weighted by atomic mass is 15.1. The summed E-state index contributed by atoms with van der Waals surface area (Å²) in [5.41, 5.74) is 9.42. The molecule has 0 saturated heterocycles. The lowest BCUT2D eigenvalue weighted by Gasteiger charge is -2.26. The first-order valence-corrected chi connectivity index (χ1v) is 11.6. The molecule has 0 saturated carbocycles. The summed E-state index contributed by atoms with van der Waals surface area (Å²) in [4.78, 5) is 4.51. The van der Waals surface area contributed by atoms with Crippen molar-refractivity contribution in [2.75, 3.05) is 16.8 Å². The molecule has 5 aromatic carbocycles. The Morgan fingerprint density at radius 1 is 0.412 bits per heavy atom. The fourth-order valence-electron chi connectivity index (χ4n) is 4.22. The molecular weight excluding hydrogens is 412 g/mol. The molecule has 0 unspecified atom stereocenters. The quantitative estimate of drug-likeness (QED) is 0.260. The first-order valence-electron chi connectivity index (χ1n) is 11.6. The number of benzene rings is 5. The maximum Gasteiger partial charge on any atom is 0.0462 e. The van der Waals surface area contributed by atoms with Crippen LogP contribution in [0.5, 0.6) is 0 Å². The Morgan fingerprint density at radius 3 is 1.53 bits per heavy atom. The molecule has 166 valence electrons. The van der Waals surface area contributed by atoms with E-state index in [2.05, 4.69) is 151 Å². The first-order chi connectivity index (χ1) is 16.7. The highest BCUT2D eigenvalue weighted by Gasteiger charge is 2.12. The molecule has 0 fully saturated rings. The molecule has 0 aliphatic heterocycles. The monoisotopic (exact) mass is 440 g/mol. The molecule has 0 bridgehead atoms. The molecule has 0 aromatic heterocycles. The normalized spacial score (nSPS) is 10.6. The summed E-state index contributed by atoms with van der Waals surface area (Å²) >= 11 is 0. The van der Waals surface area contributed by atoms with E-state index in [0.29, 0.717) is 0 Å². The van der Waals surface area contributed by atoms with Crippen LogP contribution >= 0.6 is 0 Å². The number of para-hydroxylation sites is 2. The van der Waals surface area contributed by atoms with Crippen LogP contribution in [0.2, 0.25) is 0 Å². The standard InChI is InChI=1S/C32H28N2/c1-25-16-20-30(21-17-25)34(29-13-7-4-8-14-29)31-22-18-26(19-23-31)27-10-9-15-32(24-27)33(2)28-11-5-3-6-12-28/h3-24H,1-2H3. The smallest absolute Gasteiger partial charge is 0.0462 e. The second-order valence-electron chi connectivity index (χ2n) is 8.50. The summed E-state index contributed by atoms with van der Waals surface area (Å²) in [7, 11) is 2.11. The number of hydrogen-bond acceptors (Lipinski definition) is 2. The van der Waals surface area contributed by atoms with E-state index in [1.54, 1.807) is 0 Å². The third kappa shape index (κ3) is 4.57. The fraction of sp³-hybridized carbons (Fsp3) is 0.0625. The minimum absolute atomic E-state index is 1.14. The fourth-order valence-corrected chi connectivity index (χ4v) is 4.22. The average molecular weight is 441 g/mol. The SMILES string of the molecule is Cc1ccc(N(c2ccccc2)c2ccc(-c3cccc(N(C)c4ccccc4)c3)cc2)cc1. The molecule has 2 nitrogen and oxygen atoms in total. The van der Waals surface area contributed by atoms with Crippen LogP contribution in [0.25, 0.3) is 11.1 Å². The number of anilines is 5. The Kier molecular flexibility index (Phi) is 6.13. The van der Waals surface area contributed by atoms with Crippen LogP contribution in [0.15, 0.2) is 133 Å². The lowest BCUT2D eigenvalue weighted by molar-refractivity contribution is 1.21. The van der Waals surface area contributed by atoms with Gasteiger partial charge in [0.25, 0.3) is 0 Å². The van der Waals surface area contributed by atoms with Gasteiger partial charge >= 0.3 is 0 Å². The number of rotatable bonds is 6. The van der Waals surface area contributed by atoms with Crippen LogP contribution in [-0.4, -0.2) is 7.05 Å². The largest absolute Gasteiger partial charge is 0.345 e. The second-order valence-corrected chi connectivity index (χ2v) is 8.50. The molecule has 2 heteroatoms. The van der Waals surface area contributed by atoms with E-state index < -0.39 is 0 Å². The summed E-state index contributed by atoms with van der Waals surface area (Å²) in [5.74, 6) is 0. The van der Waals surface area contributed by atoms with E-state index in [9.17, 15) is 0 Å². The van der Waals surface area contributed by atoms with E-state index in [0.717, 1.165) is 17.1 Å². The molecule has 0 spiro atoms. The van der Waals surface area contributed by atoms with Gasteiger partial charge in [0.1, 0.15) is 0 Å². The zero-order valence-corrected chi connectivity index (χ0v) is 19.6. The minimum atomic E-state index is 1.14. The Hall–Kier alpha value is -4.30. The maximum atomic E-state index is 2.29. The summed E-state index contributed by atoms with van der Waals surface area (Å²) in [6.45, 7) is 2.12. The van der Waals surface area contributed by atoms with Gasteiger partial charge in [0.2, 0.25) is 0 Å². The third-order valence-corrected chi connectivity index (χ3v) is 6.14. The van der Waals surface area contributed by atoms with Crippen LogP contribution in [0.3, 0.4) is 0 Å². The van der Waals surface area contributed by atoms with Gasteiger partial charge in [0.15, 0.2) is 0 Å². The molecule has 0 radical (unpaired) electrons. The lowest BCUT2D eigenvalue weighted by atomic mass is 10.0. The zero-order valence-electron chi connectivity index (χ0n) is 19.6. The van der Waals surface area contributed by atoms with E-state index in [1.807, 2.05) is 6.07 Å². The van der Waals surface area contributed by atoms with Crippen molar-refractivity contribution >= 4 is 28.4 Å².